The zero-order valence-corrected chi connectivity index (χ0v) is 12.8. The van der Waals surface area contributed by atoms with E-state index in [0.29, 0.717) is 18.7 Å². The minimum absolute atomic E-state index is 0.111. The van der Waals surface area contributed by atoms with Gasteiger partial charge in [-0.15, -0.1) is 6.58 Å². The van der Waals surface area contributed by atoms with Gasteiger partial charge in [-0.05, 0) is 30.7 Å². The molecule has 1 rings (SSSR count). The van der Waals surface area contributed by atoms with Gasteiger partial charge in [-0.2, -0.15) is 0 Å². The van der Waals surface area contributed by atoms with Gasteiger partial charge in [0, 0.05) is 32.4 Å². The van der Waals surface area contributed by atoms with Crippen LogP contribution in [0.15, 0.2) is 41.8 Å². The highest BCUT2D eigenvalue weighted by Gasteiger charge is 2.13. The first kappa shape index (κ1) is 17.4. The number of benzene rings is 1. The highest BCUT2D eigenvalue weighted by molar-refractivity contribution is 7.89. The summed E-state index contributed by atoms with van der Waals surface area (Å²) in [7, 11) is -1.96. The van der Waals surface area contributed by atoms with E-state index in [2.05, 4.69) is 16.6 Å². The van der Waals surface area contributed by atoms with E-state index in [-0.39, 0.29) is 17.3 Å². The molecule has 0 aromatic heterocycles. The van der Waals surface area contributed by atoms with Gasteiger partial charge in [0.15, 0.2) is 0 Å². The normalized spacial score (nSPS) is 11.1. The van der Waals surface area contributed by atoms with Crippen molar-refractivity contribution in [2.75, 3.05) is 26.8 Å². The molecule has 21 heavy (non-hydrogen) atoms. The molecule has 0 spiro atoms. The highest BCUT2D eigenvalue weighted by Crippen LogP contribution is 2.10. The van der Waals surface area contributed by atoms with Crippen LogP contribution in [-0.2, 0) is 14.8 Å². The number of sulfonamides is 1. The van der Waals surface area contributed by atoms with E-state index in [9.17, 15) is 13.2 Å². The summed E-state index contributed by atoms with van der Waals surface area (Å²) in [5.41, 5.74) is 0.412. The van der Waals surface area contributed by atoms with Crippen molar-refractivity contribution in [1.82, 2.24) is 10.0 Å². The van der Waals surface area contributed by atoms with Gasteiger partial charge in [0.1, 0.15) is 0 Å². The molecule has 0 saturated carbocycles. The van der Waals surface area contributed by atoms with Gasteiger partial charge < -0.3 is 10.1 Å². The van der Waals surface area contributed by atoms with Crippen molar-refractivity contribution in [2.24, 2.45) is 0 Å². The molecule has 116 valence electrons. The molecule has 1 aromatic rings. The Kier molecular flexibility index (Phi) is 7.07. The SMILES string of the molecule is C=CCNS(=O)(=O)c1ccc(C(=O)NCCCOC)cc1. The van der Waals surface area contributed by atoms with E-state index in [1.165, 1.54) is 30.3 Å². The van der Waals surface area contributed by atoms with Gasteiger partial charge in [0.2, 0.25) is 10.0 Å². The van der Waals surface area contributed by atoms with Crippen molar-refractivity contribution in [3.05, 3.63) is 42.5 Å². The second-order valence-corrected chi connectivity index (χ2v) is 6.03. The lowest BCUT2D eigenvalue weighted by Gasteiger charge is -2.07. The number of methoxy groups -OCH3 is 1. The highest BCUT2D eigenvalue weighted by atomic mass is 32.2. The Labute approximate surface area is 125 Å². The van der Waals surface area contributed by atoms with E-state index in [4.69, 9.17) is 4.74 Å². The molecule has 1 aromatic carbocycles. The summed E-state index contributed by atoms with van der Waals surface area (Å²) in [4.78, 5) is 11.9. The number of amides is 1. The lowest BCUT2D eigenvalue weighted by Crippen LogP contribution is -2.26. The van der Waals surface area contributed by atoms with Crippen LogP contribution in [0.2, 0.25) is 0 Å². The van der Waals surface area contributed by atoms with Gasteiger partial charge in [0.05, 0.1) is 4.90 Å². The van der Waals surface area contributed by atoms with E-state index >= 15 is 0 Å². The van der Waals surface area contributed by atoms with Crippen molar-refractivity contribution in [1.29, 1.82) is 0 Å². The molecule has 6 nitrogen and oxygen atoms in total. The average Bonchev–Trinajstić information content (AvgIpc) is 2.49. The summed E-state index contributed by atoms with van der Waals surface area (Å²) in [6.45, 7) is 4.69. The van der Waals surface area contributed by atoms with Crippen LogP contribution in [0, 0.1) is 0 Å². The molecule has 0 aliphatic carbocycles. The number of hydrogen-bond acceptors (Lipinski definition) is 4. The van der Waals surface area contributed by atoms with Crippen LogP contribution in [0.25, 0.3) is 0 Å². The van der Waals surface area contributed by atoms with Gasteiger partial charge >= 0.3 is 0 Å². The second kappa shape index (κ2) is 8.56. The van der Waals surface area contributed by atoms with Crippen molar-refractivity contribution in [3.63, 3.8) is 0 Å². The molecule has 0 atom stereocenters. The van der Waals surface area contributed by atoms with Crippen LogP contribution in [0.4, 0.5) is 0 Å². The third kappa shape index (κ3) is 5.66. The molecule has 0 heterocycles. The number of ether oxygens (including phenoxy) is 1. The Morgan fingerprint density at radius 1 is 1.33 bits per heavy atom. The fourth-order valence-electron chi connectivity index (χ4n) is 1.56. The molecular formula is C14H20N2O4S. The number of carbonyl (C=O) groups is 1. The molecule has 0 unspecified atom stereocenters. The molecule has 1 amide bonds. The van der Waals surface area contributed by atoms with E-state index in [0.717, 1.165) is 6.42 Å². The third-order valence-corrected chi connectivity index (χ3v) is 4.09. The van der Waals surface area contributed by atoms with Crippen LogP contribution in [0.3, 0.4) is 0 Å². The van der Waals surface area contributed by atoms with E-state index in [1.807, 2.05) is 0 Å². The fourth-order valence-corrected chi connectivity index (χ4v) is 2.56. The Morgan fingerprint density at radius 2 is 2.00 bits per heavy atom. The predicted molar refractivity (Wildman–Crippen MR) is 80.7 cm³/mol. The first-order valence-electron chi connectivity index (χ1n) is 6.49. The Balaban J connectivity index is 2.65. The second-order valence-electron chi connectivity index (χ2n) is 4.27. The molecular weight excluding hydrogens is 292 g/mol. The fraction of sp³-hybridized carbons (Fsp3) is 0.357. The molecule has 7 heteroatoms. The molecule has 0 aliphatic rings. The predicted octanol–water partition coefficient (Wildman–Crippen LogP) is 0.917. The minimum Gasteiger partial charge on any atom is -0.385 e. The first-order chi connectivity index (χ1) is 10.0. The standard InChI is InChI=1S/C14H20N2O4S/c1-3-9-16-21(18,19)13-7-5-12(6-8-13)14(17)15-10-4-11-20-2/h3,5-8,16H,1,4,9-11H2,2H3,(H,15,17). The summed E-state index contributed by atoms with van der Waals surface area (Å²) >= 11 is 0. The summed E-state index contributed by atoms with van der Waals surface area (Å²) in [6, 6.07) is 5.76. The summed E-state index contributed by atoms with van der Waals surface area (Å²) in [5.74, 6) is -0.242. The number of nitrogens with one attached hydrogen (secondary N) is 2. The molecule has 2 N–H and O–H groups in total. The van der Waals surface area contributed by atoms with Crippen molar-refractivity contribution in [2.45, 2.75) is 11.3 Å². The molecule has 0 radical (unpaired) electrons. The molecule has 0 aliphatic heterocycles. The van der Waals surface area contributed by atoms with Crippen LogP contribution in [-0.4, -0.2) is 41.1 Å². The lowest BCUT2D eigenvalue weighted by molar-refractivity contribution is 0.0948. The topological polar surface area (TPSA) is 84.5 Å². The third-order valence-electron chi connectivity index (χ3n) is 2.66. The van der Waals surface area contributed by atoms with Gasteiger partial charge in [-0.1, -0.05) is 6.08 Å². The Bertz CT molecular complexity index is 567. The van der Waals surface area contributed by atoms with Crippen molar-refractivity contribution in [3.8, 4) is 0 Å². The van der Waals surface area contributed by atoms with Crippen LogP contribution in [0.1, 0.15) is 16.8 Å². The number of hydrogen-bond donors (Lipinski definition) is 2. The quantitative estimate of drug-likeness (QED) is 0.524. The Hall–Kier alpha value is -1.70. The van der Waals surface area contributed by atoms with E-state index < -0.39 is 10.0 Å². The summed E-state index contributed by atoms with van der Waals surface area (Å²) in [6.07, 6.45) is 2.18. The Morgan fingerprint density at radius 3 is 2.57 bits per heavy atom. The summed E-state index contributed by atoms with van der Waals surface area (Å²) < 4.78 is 30.9. The maximum atomic E-state index is 11.8. The smallest absolute Gasteiger partial charge is 0.251 e. The summed E-state index contributed by atoms with van der Waals surface area (Å²) in [5, 5.41) is 2.73. The molecule has 0 fully saturated rings. The largest absolute Gasteiger partial charge is 0.385 e. The van der Waals surface area contributed by atoms with Gasteiger partial charge in [-0.25, -0.2) is 13.1 Å². The number of rotatable bonds is 9. The lowest BCUT2D eigenvalue weighted by atomic mass is 10.2. The minimum atomic E-state index is -3.56. The van der Waals surface area contributed by atoms with Gasteiger partial charge in [-0.3, -0.25) is 4.79 Å². The number of carbonyl (C=O) groups excluding carboxylic acids is 1. The average molecular weight is 312 g/mol. The van der Waals surface area contributed by atoms with Crippen molar-refractivity contribution < 1.29 is 17.9 Å². The van der Waals surface area contributed by atoms with Crippen molar-refractivity contribution >= 4 is 15.9 Å². The zero-order valence-electron chi connectivity index (χ0n) is 12.0. The molecule has 0 saturated heterocycles. The maximum Gasteiger partial charge on any atom is 0.251 e. The van der Waals surface area contributed by atoms with Crippen LogP contribution < -0.4 is 10.0 Å². The monoisotopic (exact) mass is 312 g/mol. The first-order valence-corrected chi connectivity index (χ1v) is 7.97. The molecule has 0 bridgehead atoms. The maximum absolute atomic E-state index is 11.8. The van der Waals surface area contributed by atoms with Crippen LogP contribution >= 0.6 is 0 Å². The zero-order chi connectivity index (χ0) is 15.7. The van der Waals surface area contributed by atoms with Crippen LogP contribution in [0.5, 0.6) is 0 Å². The van der Waals surface area contributed by atoms with Gasteiger partial charge in [0.25, 0.3) is 5.91 Å². The van der Waals surface area contributed by atoms with E-state index in [1.54, 1.807) is 7.11 Å².